The fourth-order valence-electron chi connectivity index (χ4n) is 3.57. The molecule has 0 spiro atoms. The second kappa shape index (κ2) is 16.3. The highest BCUT2D eigenvalue weighted by molar-refractivity contribution is 6.61. The third-order valence-corrected chi connectivity index (χ3v) is 5.50. The smallest absolute Gasteiger partial charge is 0.467 e. The number of unbranched alkanes of at least 4 members (excludes halogenated alkanes) is 2. The van der Waals surface area contributed by atoms with Crippen LogP contribution in [0.3, 0.4) is 0 Å². The van der Waals surface area contributed by atoms with E-state index < -0.39 is 25.2 Å². The molecule has 2 N–H and O–H groups in total. The monoisotopic (exact) mass is 498 g/mol. The Morgan fingerprint density at radius 3 is 2.19 bits per heavy atom. The summed E-state index contributed by atoms with van der Waals surface area (Å²) in [5, 5.41) is 5.47. The quantitative estimate of drug-likeness (QED) is 0.220. The summed E-state index contributed by atoms with van der Waals surface area (Å²) in [5.41, 5.74) is 2.64. The van der Waals surface area contributed by atoms with Crippen LogP contribution in [-0.4, -0.2) is 59.0 Å². The Labute approximate surface area is 213 Å². The number of esters is 1. The maximum atomic E-state index is 12.4. The first-order valence-corrected chi connectivity index (χ1v) is 11.9. The van der Waals surface area contributed by atoms with Gasteiger partial charge in [-0.3, -0.25) is 4.79 Å². The molecule has 0 aliphatic heterocycles. The van der Waals surface area contributed by atoms with Crippen molar-refractivity contribution in [3.8, 4) is 0 Å². The molecular formula is C26H35BN2O7. The fourth-order valence-corrected chi connectivity index (χ4v) is 3.57. The van der Waals surface area contributed by atoms with Crippen molar-refractivity contribution >= 4 is 30.6 Å². The lowest BCUT2D eigenvalue weighted by molar-refractivity contribution is -0.145. The summed E-state index contributed by atoms with van der Waals surface area (Å²) in [4.78, 5) is 36.4. The van der Waals surface area contributed by atoms with Gasteiger partial charge in [-0.1, -0.05) is 61.0 Å². The third-order valence-electron chi connectivity index (χ3n) is 5.50. The van der Waals surface area contributed by atoms with Crippen molar-refractivity contribution in [2.24, 2.45) is 0 Å². The van der Waals surface area contributed by atoms with Crippen molar-refractivity contribution in [3.05, 3.63) is 65.7 Å². The number of alkyl carbamates (subject to hydrolysis) is 1. The van der Waals surface area contributed by atoms with Crippen LogP contribution in [0, 0.1) is 0 Å². The molecule has 10 heteroatoms. The van der Waals surface area contributed by atoms with Gasteiger partial charge in [0.15, 0.2) is 0 Å². The average molecular weight is 498 g/mol. The zero-order chi connectivity index (χ0) is 26.2. The van der Waals surface area contributed by atoms with E-state index in [1.54, 1.807) is 14.2 Å². The maximum absolute atomic E-state index is 12.4. The standard InChI is InChI=1S/C26H35BN2O7/c1-33-25(31)23(18-20-13-15-22(16-14-20)27(34-2)35-3)29-24(30)12-8-5-9-17-28-26(32)36-19-21-10-6-4-7-11-21/h4,6-7,10-11,13-16,23H,5,8-9,12,17-19H2,1-3H3,(H,28,32)(H,29,30)/t23-/m1/s1. The van der Waals surface area contributed by atoms with Crippen LogP contribution in [0.15, 0.2) is 54.6 Å². The Kier molecular flexibility index (Phi) is 13.1. The van der Waals surface area contributed by atoms with Crippen molar-refractivity contribution in [2.45, 2.75) is 44.8 Å². The van der Waals surface area contributed by atoms with Gasteiger partial charge < -0.3 is 29.4 Å². The Morgan fingerprint density at radius 1 is 0.861 bits per heavy atom. The van der Waals surface area contributed by atoms with Crippen LogP contribution in [-0.2, 0) is 41.4 Å². The van der Waals surface area contributed by atoms with E-state index in [1.807, 2.05) is 54.6 Å². The summed E-state index contributed by atoms with van der Waals surface area (Å²) in [6.07, 6.45) is 2.20. The minimum absolute atomic E-state index is 0.221. The normalized spacial score (nSPS) is 11.3. The predicted molar refractivity (Wildman–Crippen MR) is 137 cm³/mol. The van der Waals surface area contributed by atoms with Gasteiger partial charge in [0.2, 0.25) is 5.91 Å². The van der Waals surface area contributed by atoms with Gasteiger partial charge in [-0.05, 0) is 29.4 Å². The van der Waals surface area contributed by atoms with Crippen LogP contribution < -0.4 is 16.1 Å². The van der Waals surface area contributed by atoms with Gasteiger partial charge in [-0.25, -0.2) is 9.59 Å². The zero-order valence-electron chi connectivity index (χ0n) is 21.2. The Bertz CT molecular complexity index is 937. The summed E-state index contributed by atoms with van der Waals surface area (Å²) in [6, 6.07) is 16.1. The molecule has 194 valence electrons. The van der Waals surface area contributed by atoms with E-state index in [1.165, 1.54) is 7.11 Å². The number of carbonyl (C=O) groups is 3. The summed E-state index contributed by atoms with van der Waals surface area (Å²) < 4.78 is 20.5. The minimum Gasteiger partial charge on any atom is -0.467 e. The summed E-state index contributed by atoms with van der Waals surface area (Å²) in [7, 11) is 3.94. The minimum atomic E-state index is -0.782. The summed E-state index contributed by atoms with van der Waals surface area (Å²) in [6.45, 7) is 0.683. The molecule has 2 aromatic carbocycles. The number of rotatable bonds is 15. The molecule has 9 nitrogen and oxygen atoms in total. The van der Waals surface area contributed by atoms with Gasteiger partial charge in [0, 0.05) is 33.6 Å². The van der Waals surface area contributed by atoms with Crippen molar-refractivity contribution < 1.29 is 33.2 Å². The second-order valence-electron chi connectivity index (χ2n) is 8.19. The number of ether oxygens (including phenoxy) is 2. The van der Waals surface area contributed by atoms with E-state index in [2.05, 4.69) is 10.6 Å². The average Bonchev–Trinajstić information content (AvgIpc) is 2.90. The highest BCUT2D eigenvalue weighted by Gasteiger charge is 2.23. The van der Waals surface area contributed by atoms with E-state index in [0.29, 0.717) is 25.8 Å². The maximum Gasteiger partial charge on any atom is 0.493 e. The highest BCUT2D eigenvalue weighted by Crippen LogP contribution is 2.07. The first-order valence-electron chi connectivity index (χ1n) is 11.9. The fraction of sp³-hybridized carbons (Fsp3) is 0.423. The Hall–Kier alpha value is -3.37. The summed E-state index contributed by atoms with van der Waals surface area (Å²) >= 11 is 0. The molecule has 1 atom stereocenters. The molecular weight excluding hydrogens is 463 g/mol. The van der Waals surface area contributed by atoms with Crippen LogP contribution in [0.5, 0.6) is 0 Å². The van der Waals surface area contributed by atoms with Crippen molar-refractivity contribution in [1.29, 1.82) is 0 Å². The van der Waals surface area contributed by atoms with Gasteiger partial charge in [0.1, 0.15) is 12.6 Å². The molecule has 2 aromatic rings. The molecule has 2 amide bonds. The molecule has 0 aliphatic rings. The highest BCUT2D eigenvalue weighted by atomic mass is 16.6. The van der Waals surface area contributed by atoms with Gasteiger partial charge in [-0.15, -0.1) is 0 Å². The number of methoxy groups -OCH3 is 1. The van der Waals surface area contributed by atoms with Gasteiger partial charge in [0.05, 0.1) is 7.11 Å². The van der Waals surface area contributed by atoms with E-state index in [0.717, 1.165) is 23.0 Å². The van der Waals surface area contributed by atoms with Gasteiger partial charge in [0.25, 0.3) is 0 Å². The lowest BCUT2D eigenvalue weighted by Crippen LogP contribution is -2.43. The van der Waals surface area contributed by atoms with E-state index in [9.17, 15) is 14.4 Å². The molecule has 36 heavy (non-hydrogen) atoms. The van der Waals surface area contributed by atoms with Crippen molar-refractivity contribution in [1.82, 2.24) is 10.6 Å². The van der Waals surface area contributed by atoms with Gasteiger partial charge >= 0.3 is 19.2 Å². The molecule has 0 heterocycles. The molecule has 0 bridgehead atoms. The molecule has 0 aromatic heterocycles. The van der Waals surface area contributed by atoms with Crippen LogP contribution in [0.1, 0.15) is 36.8 Å². The number of hydrogen-bond acceptors (Lipinski definition) is 7. The lowest BCUT2D eigenvalue weighted by atomic mass is 9.78. The molecule has 0 unspecified atom stereocenters. The number of amides is 2. The van der Waals surface area contributed by atoms with E-state index in [4.69, 9.17) is 18.8 Å². The topological polar surface area (TPSA) is 112 Å². The van der Waals surface area contributed by atoms with Crippen LogP contribution in [0.2, 0.25) is 0 Å². The van der Waals surface area contributed by atoms with Crippen molar-refractivity contribution in [2.75, 3.05) is 27.9 Å². The molecule has 0 saturated heterocycles. The van der Waals surface area contributed by atoms with Crippen LogP contribution in [0.25, 0.3) is 0 Å². The summed E-state index contributed by atoms with van der Waals surface area (Å²) in [5.74, 6) is -0.728. The number of carbonyl (C=O) groups excluding carboxylic acids is 3. The molecule has 0 radical (unpaired) electrons. The van der Waals surface area contributed by atoms with Crippen molar-refractivity contribution in [3.63, 3.8) is 0 Å². The molecule has 0 fully saturated rings. The first kappa shape index (κ1) is 28.9. The second-order valence-corrected chi connectivity index (χ2v) is 8.19. The van der Waals surface area contributed by atoms with Gasteiger partial charge in [-0.2, -0.15) is 0 Å². The largest absolute Gasteiger partial charge is 0.493 e. The Balaban J connectivity index is 1.67. The molecule has 0 aliphatic carbocycles. The SMILES string of the molecule is COB(OC)c1ccc(C[C@@H](NC(=O)CCCCCNC(=O)OCc2ccccc2)C(=O)OC)cc1. The number of benzene rings is 2. The molecule has 2 rings (SSSR count). The lowest BCUT2D eigenvalue weighted by Gasteiger charge is -2.17. The first-order chi connectivity index (χ1) is 17.5. The predicted octanol–water partition coefficient (Wildman–Crippen LogP) is 2.36. The van der Waals surface area contributed by atoms with E-state index in [-0.39, 0.29) is 18.9 Å². The number of nitrogens with one attached hydrogen (secondary N) is 2. The number of hydrogen-bond donors (Lipinski definition) is 2. The third kappa shape index (κ3) is 10.5. The van der Waals surface area contributed by atoms with E-state index >= 15 is 0 Å². The van der Waals surface area contributed by atoms with Crippen LogP contribution >= 0.6 is 0 Å². The molecule has 0 saturated carbocycles. The van der Waals surface area contributed by atoms with Crippen LogP contribution in [0.4, 0.5) is 4.79 Å². The Morgan fingerprint density at radius 2 is 1.56 bits per heavy atom. The zero-order valence-corrected chi connectivity index (χ0v) is 21.2.